The number of amides is 1. The number of hydrogen-bond acceptors (Lipinski definition) is 3. The first kappa shape index (κ1) is 12.7. The zero-order chi connectivity index (χ0) is 12.7. The first-order valence-electron chi connectivity index (χ1n) is 5.09. The number of carboxylic acid groups (broad SMARTS) is 1. The molecule has 2 N–H and O–H groups in total. The molecule has 0 radical (unpaired) electrons. The lowest BCUT2D eigenvalue weighted by Crippen LogP contribution is -2.25. The van der Waals surface area contributed by atoms with Crippen LogP contribution in [-0.2, 0) is 11.2 Å². The maximum absolute atomic E-state index is 11.5. The van der Waals surface area contributed by atoms with E-state index in [2.05, 4.69) is 5.32 Å². The van der Waals surface area contributed by atoms with Crippen LogP contribution in [0, 0.1) is 11.3 Å². The van der Waals surface area contributed by atoms with Gasteiger partial charge in [0.25, 0.3) is 5.91 Å². The standard InChI is InChI=1S/C12H12N2O3/c13-7-5-9-1-3-10(4-2-9)12(17)14-8-6-11(15)16/h1-4H,5-6,8H2,(H,14,17)(H,15,16). The van der Waals surface area contributed by atoms with E-state index < -0.39 is 5.97 Å². The zero-order valence-electron chi connectivity index (χ0n) is 9.14. The number of hydrogen-bond donors (Lipinski definition) is 2. The zero-order valence-corrected chi connectivity index (χ0v) is 9.14. The number of nitrogens with zero attached hydrogens (tertiary/aromatic N) is 1. The van der Waals surface area contributed by atoms with Crippen molar-refractivity contribution in [1.29, 1.82) is 5.26 Å². The van der Waals surface area contributed by atoms with Crippen LogP contribution >= 0.6 is 0 Å². The van der Waals surface area contributed by atoms with Gasteiger partial charge in [0, 0.05) is 12.1 Å². The minimum absolute atomic E-state index is 0.0990. The largest absolute Gasteiger partial charge is 0.481 e. The summed E-state index contributed by atoms with van der Waals surface area (Å²) in [5.41, 5.74) is 1.30. The van der Waals surface area contributed by atoms with Crippen LogP contribution in [0.5, 0.6) is 0 Å². The molecule has 88 valence electrons. The minimum atomic E-state index is -0.949. The molecule has 1 aromatic rings. The van der Waals surface area contributed by atoms with E-state index in [9.17, 15) is 9.59 Å². The van der Waals surface area contributed by atoms with Gasteiger partial charge < -0.3 is 10.4 Å². The molecular weight excluding hydrogens is 220 g/mol. The second-order valence-corrected chi connectivity index (χ2v) is 3.43. The van der Waals surface area contributed by atoms with Gasteiger partial charge in [0.15, 0.2) is 0 Å². The molecule has 17 heavy (non-hydrogen) atoms. The number of nitrogens with one attached hydrogen (secondary N) is 1. The van der Waals surface area contributed by atoms with E-state index in [1.807, 2.05) is 6.07 Å². The number of rotatable bonds is 5. The lowest BCUT2D eigenvalue weighted by atomic mass is 10.1. The van der Waals surface area contributed by atoms with E-state index in [1.165, 1.54) is 0 Å². The highest BCUT2D eigenvalue weighted by atomic mass is 16.4. The summed E-state index contributed by atoms with van der Waals surface area (Å²) in [5, 5.41) is 19.4. The summed E-state index contributed by atoms with van der Waals surface area (Å²) in [6.45, 7) is 0.105. The molecule has 0 bridgehead atoms. The molecule has 5 heteroatoms. The molecule has 0 aliphatic heterocycles. The van der Waals surface area contributed by atoms with Gasteiger partial charge in [-0.05, 0) is 17.7 Å². The predicted molar refractivity (Wildman–Crippen MR) is 60.3 cm³/mol. The minimum Gasteiger partial charge on any atom is -0.481 e. The van der Waals surface area contributed by atoms with Gasteiger partial charge in [0.2, 0.25) is 0 Å². The molecule has 0 saturated carbocycles. The Morgan fingerprint density at radius 3 is 2.47 bits per heavy atom. The van der Waals surface area contributed by atoms with Crippen molar-refractivity contribution in [2.24, 2.45) is 0 Å². The van der Waals surface area contributed by atoms with Crippen molar-refractivity contribution in [3.8, 4) is 6.07 Å². The Hall–Kier alpha value is -2.35. The molecule has 0 aromatic heterocycles. The van der Waals surface area contributed by atoms with Gasteiger partial charge in [-0.2, -0.15) is 5.26 Å². The Kier molecular flexibility index (Phi) is 4.70. The highest BCUT2D eigenvalue weighted by Crippen LogP contribution is 2.04. The monoisotopic (exact) mass is 232 g/mol. The van der Waals surface area contributed by atoms with Crippen LogP contribution in [0.2, 0.25) is 0 Å². The molecule has 0 aliphatic carbocycles. The first-order valence-corrected chi connectivity index (χ1v) is 5.09. The molecule has 0 atom stereocenters. The second kappa shape index (κ2) is 6.28. The fourth-order valence-electron chi connectivity index (χ4n) is 1.25. The Morgan fingerprint density at radius 2 is 1.94 bits per heavy atom. The summed E-state index contributed by atoms with van der Waals surface area (Å²) in [4.78, 5) is 21.8. The fourth-order valence-corrected chi connectivity index (χ4v) is 1.25. The van der Waals surface area contributed by atoms with Crippen LogP contribution in [-0.4, -0.2) is 23.5 Å². The number of carbonyl (C=O) groups excluding carboxylic acids is 1. The lowest BCUT2D eigenvalue weighted by molar-refractivity contribution is -0.136. The van der Waals surface area contributed by atoms with Gasteiger partial charge in [-0.25, -0.2) is 0 Å². The predicted octanol–water partition coefficient (Wildman–Crippen LogP) is 0.957. The SMILES string of the molecule is N#CCc1ccc(C(=O)NCCC(=O)O)cc1. The molecule has 5 nitrogen and oxygen atoms in total. The van der Waals surface area contributed by atoms with E-state index in [-0.39, 0.29) is 18.9 Å². The molecule has 0 heterocycles. The molecule has 0 fully saturated rings. The van der Waals surface area contributed by atoms with Gasteiger partial charge in [-0.3, -0.25) is 9.59 Å². The smallest absolute Gasteiger partial charge is 0.305 e. The Bertz CT molecular complexity index is 446. The normalized spacial score (nSPS) is 9.35. The van der Waals surface area contributed by atoms with Crippen molar-refractivity contribution in [3.63, 3.8) is 0 Å². The van der Waals surface area contributed by atoms with Gasteiger partial charge in [-0.1, -0.05) is 12.1 Å². The van der Waals surface area contributed by atoms with Crippen molar-refractivity contribution in [2.45, 2.75) is 12.8 Å². The van der Waals surface area contributed by atoms with Gasteiger partial charge >= 0.3 is 5.97 Å². The second-order valence-electron chi connectivity index (χ2n) is 3.43. The maximum atomic E-state index is 11.5. The molecule has 1 rings (SSSR count). The van der Waals surface area contributed by atoms with Crippen LogP contribution in [0.3, 0.4) is 0 Å². The molecule has 0 saturated heterocycles. The lowest BCUT2D eigenvalue weighted by Gasteiger charge is -2.03. The van der Waals surface area contributed by atoms with Crippen molar-refractivity contribution in [3.05, 3.63) is 35.4 Å². The van der Waals surface area contributed by atoms with Crippen molar-refractivity contribution < 1.29 is 14.7 Å². The number of benzene rings is 1. The van der Waals surface area contributed by atoms with Crippen molar-refractivity contribution in [1.82, 2.24) is 5.32 Å². The van der Waals surface area contributed by atoms with Crippen molar-refractivity contribution in [2.75, 3.05) is 6.54 Å². The average molecular weight is 232 g/mol. The number of carbonyl (C=O) groups is 2. The summed E-state index contributed by atoms with van der Waals surface area (Å²) >= 11 is 0. The fraction of sp³-hybridized carbons (Fsp3) is 0.250. The summed E-state index contributed by atoms with van der Waals surface area (Å²) < 4.78 is 0. The molecular formula is C12H12N2O3. The van der Waals surface area contributed by atoms with Crippen LogP contribution < -0.4 is 5.32 Å². The van der Waals surface area contributed by atoms with Crippen LogP contribution in [0.1, 0.15) is 22.3 Å². The summed E-state index contributed by atoms with van der Waals surface area (Å²) in [5.74, 6) is -1.26. The van der Waals surface area contributed by atoms with E-state index >= 15 is 0 Å². The molecule has 0 spiro atoms. The molecule has 1 amide bonds. The number of aliphatic carboxylic acids is 1. The van der Waals surface area contributed by atoms with E-state index in [0.29, 0.717) is 12.0 Å². The highest BCUT2D eigenvalue weighted by Gasteiger charge is 2.05. The molecule has 1 aromatic carbocycles. The average Bonchev–Trinajstić information content (AvgIpc) is 2.30. The van der Waals surface area contributed by atoms with Crippen LogP contribution in [0.15, 0.2) is 24.3 Å². The Labute approximate surface area is 98.7 Å². The summed E-state index contributed by atoms with van der Waals surface area (Å²) in [7, 11) is 0. The van der Waals surface area contributed by atoms with E-state index in [4.69, 9.17) is 10.4 Å². The van der Waals surface area contributed by atoms with Crippen LogP contribution in [0.4, 0.5) is 0 Å². The molecule has 0 unspecified atom stereocenters. The number of carboxylic acids is 1. The Morgan fingerprint density at radius 1 is 1.29 bits per heavy atom. The van der Waals surface area contributed by atoms with E-state index in [1.54, 1.807) is 24.3 Å². The van der Waals surface area contributed by atoms with Crippen molar-refractivity contribution >= 4 is 11.9 Å². The maximum Gasteiger partial charge on any atom is 0.305 e. The first-order chi connectivity index (χ1) is 8.13. The number of nitriles is 1. The van der Waals surface area contributed by atoms with E-state index in [0.717, 1.165) is 5.56 Å². The van der Waals surface area contributed by atoms with Gasteiger partial charge in [0.1, 0.15) is 0 Å². The van der Waals surface area contributed by atoms with Gasteiger partial charge in [0.05, 0.1) is 18.9 Å². The third-order valence-corrected chi connectivity index (χ3v) is 2.12. The summed E-state index contributed by atoms with van der Waals surface area (Å²) in [6.07, 6.45) is 0.208. The third kappa shape index (κ3) is 4.34. The topological polar surface area (TPSA) is 90.2 Å². The highest BCUT2D eigenvalue weighted by molar-refractivity contribution is 5.94. The van der Waals surface area contributed by atoms with Crippen LogP contribution in [0.25, 0.3) is 0 Å². The van der Waals surface area contributed by atoms with Gasteiger partial charge in [-0.15, -0.1) is 0 Å². The molecule has 0 aliphatic rings. The Balaban J connectivity index is 2.52. The third-order valence-electron chi connectivity index (χ3n) is 2.12. The summed E-state index contributed by atoms with van der Waals surface area (Å²) in [6, 6.07) is 8.65. The quantitative estimate of drug-likeness (QED) is 0.791.